The first-order chi connectivity index (χ1) is 5.72. The summed E-state index contributed by atoms with van der Waals surface area (Å²) in [5, 5.41) is 7.39. The molecule has 0 aromatic rings. The third-order valence-electron chi connectivity index (χ3n) is 2.65. The normalized spacial score (nSPS) is 28.3. The number of rotatable bonds is 4. The molecule has 0 saturated carbocycles. The maximum atomic E-state index is 5.06. The molecule has 1 fully saturated rings. The fourth-order valence-electron chi connectivity index (χ4n) is 1.63. The van der Waals surface area contributed by atoms with Crippen molar-refractivity contribution in [2.24, 2.45) is 0 Å². The summed E-state index contributed by atoms with van der Waals surface area (Å²) in [4.78, 5) is 0. The van der Waals surface area contributed by atoms with Crippen molar-refractivity contribution in [1.82, 2.24) is 10.6 Å². The molecule has 1 heterocycles. The zero-order chi connectivity index (χ0) is 9.03. The van der Waals surface area contributed by atoms with E-state index in [2.05, 4.69) is 24.5 Å². The lowest BCUT2D eigenvalue weighted by Gasteiger charge is -2.26. The van der Waals surface area contributed by atoms with E-state index in [1.54, 1.807) is 0 Å². The molecular formula is C9H18N2S. The standard InChI is InChI=1S/C9H18N2S/c1-3-5-6-9(4-2)7-10-8(12)11-9/h3-7H2,1-2H3,(H2,10,11,12). The number of unbranched alkanes of at least 4 members (excludes halogenated alkanes) is 1. The zero-order valence-corrected chi connectivity index (χ0v) is 8.76. The summed E-state index contributed by atoms with van der Waals surface area (Å²) in [5.74, 6) is 0. The number of hydrogen-bond donors (Lipinski definition) is 2. The Morgan fingerprint density at radius 1 is 1.50 bits per heavy atom. The van der Waals surface area contributed by atoms with E-state index in [0.29, 0.717) is 0 Å². The Bertz CT molecular complexity index is 170. The van der Waals surface area contributed by atoms with Gasteiger partial charge in [0, 0.05) is 6.54 Å². The first kappa shape index (κ1) is 9.78. The third-order valence-corrected chi connectivity index (χ3v) is 2.90. The van der Waals surface area contributed by atoms with E-state index in [1.807, 2.05) is 0 Å². The maximum absolute atomic E-state index is 5.06. The molecule has 2 N–H and O–H groups in total. The van der Waals surface area contributed by atoms with Crippen LogP contribution in [0, 0.1) is 0 Å². The molecule has 0 aliphatic carbocycles. The lowest BCUT2D eigenvalue weighted by atomic mass is 9.91. The summed E-state index contributed by atoms with van der Waals surface area (Å²) in [6.45, 7) is 5.45. The van der Waals surface area contributed by atoms with Crippen LogP contribution in [0.15, 0.2) is 0 Å². The highest BCUT2D eigenvalue weighted by Gasteiger charge is 2.32. The number of nitrogens with one attached hydrogen (secondary N) is 2. The van der Waals surface area contributed by atoms with E-state index in [-0.39, 0.29) is 5.54 Å². The monoisotopic (exact) mass is 186 g/mol. The first-order valence-electron chi connectivity index (χ1n) is 4.78. The highest BCUT2D eigenvalue weighted by Crippen LogP contribution is 2.20. The molecule has 1 saturated heterocycles. The van der Waals surface area contributed by atoms with Crippen LogP contribution in [0.25, 0.3) is 0 Å². The second-order valence-corrected chi connectivity index (χ2v) is 3.95. The van der Waals surface area contributed by atoms with Crippen molar-refractivity contribution in [3.8, 4) is 0 Å². The minimum atomic E-state index is 0.257. The van der Waals surface area contributed by atoms with Crippen molar-refractivity contribution >= 4 is 17.3 Å². The molecule has 0 bridgehead atoms. The van der Waals surface area contributed by atoms with Crippen LogP contribution in [-0.4, -0.2) is 17.2 Å². The van der Waals surface area contributed by atoms with E-state index < -0.39 is 0 Å². The Balaban J connectivity index is 2.46. The van der Waals surface area contributed by atoms with Gasteiger partial charge in [-0.1, -0.05) is 26.7 Å². The van der Waals surface area contributed by atoms with Crippen LogP contribution in [0.2, 0.25) is 0 Å². The summed E-state index contributed by atoms with van der Waals surface area (Å²) in [6.07, 6.45) is 4.93. The fraction of sp³-hybridized carbons (Fsp3) is 0.889. The minimum Gasteiger partial charge on any atom is -0.360 e. The summed E-state index contributed by atoms with van der Waals surface area (Å²) >= 11 is 5.06. The molecule has 1 unspecified atom stereocenters. The van der Waals surface area contributed by atoms with Crippen molar-refractivity contribution < 1.29 is 0 Å². The Hall–Kier alpha value is -0.310. The average Bonchev–Trinajstić information content (AvgIpc) is 2.45. The number of hydrogen-bond acceptors (Lipinski definition) is 1. The highest BCUT2D eigenvalue weighted by atomic mass is 32.1. The molecule has 0 aromatic heterocycles. The van der Waals surface area contributed by atoms with Gasteiger partial charge in [0.2, 0.25) is 0 Å². The molecule has 1 aliphatic rings. The van der Waals surface area contributed by atoms with Gasteiger partial charge in [-0.25, -0.2) is 0 Å². The van der Waals surface area contributed by atoms with E-state index in [9.17, 15) is 0 Å². The summed E-state index contributed by atoms with van der Waals surface area (Å²) in [7, 11) is 0. The molecule has 0 aromatic carbocycles. The first-order valence-corrected chi connectivity index (χ1v) is 5.19. The third kappa shape index (κ3) is 2.09. The summed E-state index contributed by atoms with van der Waals surface area (Å²) in [6, 6.07) is 0. The molecule has 1 aliphatic heterocycles. The van der Waals surface area contributed by atoms with Crippen LogP contribution >= 0.6 is 12.2 Å². The van der Waals surface area contributed by atoms with Gasteiger partial charge in [-0.05, 0) is 25.1 Å². The van der Waals surface area contributed by atoms with Gasteiger partial charge in [0.25, 0.3) is 0 Å². The predicted octanol–water partition coefficient (Wildman–Crippen LogP) is 1.80. The van der Waals surface area contributed by atoms with Gasteiger partial charge in [0.05, 0.1) is 5.54 Å². The average molecular weight is 186 g/mol. The Labute approximate surface area is 80.1 Å². The van der Waals surface area contributed by atoms with Gasteiger partial charge in [0.15, 0.2) is 5.11 Å². The predicted molar refractivity (Wildman–Crippen MR) is 56.3 cm³/mol. The second kappa shape index (κ2) is 4.08. The smallest absolute Gasteiger partial charge is 0.166 e. The Kier molecular flexibility index (Phi) is 3.32. The van der Waals surface area contributed by atoms with Gasteiger partial charge in [0.1, 0.15) is 0 Å². The van der Waals surface area contributed by atoms with E-state index in [4.69, 9.17) is 12.2 Å². The van der Waals surface area contributed by atoms with Crippen molar-refractivity contribution in [3.63, 3.8) is 0 Å². The van der Waals surface area contributed by atoms with Gasteiger partial charge in [-0.15, -0.1) is 0 Å². The second-order valence-electron chi connectivity index (χ2n) is 3.55. The SMILES string of the molecule is CCCCC1(CC)CNC(=S)N1. The van der Waals surface area contributed by atoms with Crippen LogP contribution in [0.3, 0.4) is 0 Å². The molecule has 0 radical (unpaired) electrons. The quantitative estimate of drug-likeness (QED) is 0.655. The van der Waals surface area contributed by atoms with Crippen LogP contribution in [0.4, 0.5) is 0 Å². The van der Waals surface area contributed by atoms with Crippen LogP contribution < -0.4 is 10.6 Å². The molecular weight excluding hydrogens is 168 g/mol. The molecule has 12 heavy (non-hydrogen) atoms. The minimum absolute atomic E-state index is 0.257. The van der Waals surface area contributed by atoms with Crippen LogP contribution in [0.5, 0.6) is 0 Å². The molecule has 70 valence electrons. The topological polar surface area (TPSA) is 24.1 Å². The van der Waals surface area contributed by atoms with Crippen molar-refractivity contribution in [1.29, 1.82) is 0 Å². The zero-order valence-electron chi connectivity index (χ0n) is 7.94. The maximum Gasteiger partial charge on any atom is 0.166 e. The molecule has 0 amide bonds. The van der Waals surface area contributed by atoms with Crippen molar-refractivity contribution in [3.05, 3.63) is 0 Å². The van der Waals surface area contributed by atoms with Crippen molar-refractivity contribution in [2.75, 3.05) is 6.54 Å². The highest BCUT2D eigenvalue weighted by molar-refractivity contribution is 7.80. The Morgan fingerprint density at radius 2 is 2.25 bits per heavy atom. The van der Waals surface area contributed by atoms with Crippen molar-refractivity contribution in [2.45, 2.75) is 45.1 Å². The lowest BCUT2D eigenvalue weighted by molar-refractivity contribution is 0.359. The summed E-state index contributed by atoms with van der Waals surface area (Å²) < 4.78 is 0. The number of thiocarbonyl (C=S) groups is 1. The van der Waals surface area contributed by atoms with Crippen LogP contribution in [-0.2, 0) is 0 Å². The lowest BCUT2D eigenvalue weighted by Crippen LogP contribution is -2.42. The molecule has 1 atom stereocenters. The molecule has 0 spiro atoms. The van der Waals surface area contributed by atoms with Gasteiger partial charge in [-0.3, -0.25) is 0 Å². The molecule has 2 nitrogen and oxygen atoms in total. The Morgan fingerprint density at radius 3 is 2.67 bits per heavy atom. The van der Waals surface area contributed by atoms with Gasteiger partial charge < -0.3 is 10.6 Å². The van der Waals surface area contributed by atoms with E-state index in [1.165, 1.54) is 19.3 Å². The van der Waals surface area contributed by atoms with E-state index in [0.717, 1.165) is 18.1 Å². The van der Waals surface area contributed by atoms with Gasteiger partial charge >= 0.3 is 0 Å². The van der Waals surface area contributed by atoms with Gasteiger partial charge in [-0.2, -0.15) is 0 Å². The fourth-order valence-corrected chi connectivity index (χ4v) is 1.92. The summed E-state index contributed by atoms with van der Waals surface area (Å²) in [5.41, 5.74) is 0.257. The molecule has 3 heteroatoms. The molecule has 1 rings (SSSR count). The largest absolute Gasteiger partial charge is 0.360 e. The van der Waals surface area contributed by atoms with Crippen LogP contribution in [0.1, 0.15) is 39.5 Å². The van der Waals surface area contributed by atoms with E-state index >= 15 is 0 Å².